The molecule has 0 heterocycles. The number of aliphatic carboxylic acids is 1. The maximum Gasteiger partial charge on any atom is 0.306 e. The third-order valence-corrected chi connectivity index (χ3v) is 12.0. The van der Waals surface area contributed by atoms with Crippen molar-refractivity contribution < 1.29 is 38.9 Å². The van der Waals surface area contributed by atoms with Crippen molar-refractivity contribution in [2.45, 2.75) is 106 Å². The van der Waals surface area contributed by atoms with Crippen molar-refractivity contribution in [1.82, 2.24) is 0 Å². The lowest BCUT2D eigenvalue weighted by molar-refractivity contribution is -0.159. The Bertz CT molecular complexity index is 1170. The monoisotopic (exact) mass is 558 g/mol. The molecule has 8 nitrogen and oxygen atoms in total. The summed E-state index contributed by atoms with van der Waals surface area (Å²) < 4.78 is 5.36. The van der Waals surface area contributed by atoms with E-state index in [0.717, 1.165) is 17.6 Å². The van der Waals surface area contributed by atoms with Crippen LogP contribution in [0.5, 0.6) is 0 Å². The number of fused-ring (bicyclic) bond motifs is 4. The van der Waals surface area contributed by atoms with Crippen molar-refractivity contribution in [3.8, 4) is 0 Å². The number of hydrogen-bond acceptors (Lipinski definition) is 7. The number of carbonyl (C=O) groups excluding carboxylic acids is 4. The zero-order valence-electron chi connectivity index (χ0n) is 25.1. The maximum atomic E-state index is 14.1. The highest BCUT2D eigenvalue weighted by molar-refractivity contribution is 6.01. The van der Waals surface area contributed by atoms with E-state index in [0.29, 0.717) is 25.7 Å². The Morgan fingerprint density at radius 2 is 1.68 bits per heavy atom. The molecule has 2 N–H and O–H groups in total. The average molecular weight is 559 g/mol. The quantitative estimate of drug-likeness (QED) is 0.409. The summed E-state index contributed by atoms with van der Waals surface area (Å²) in [5, 5.41) is 20.9. The van der Waals surface area contributed by atoms with Gasteiger partial charge in [-0.25, -0.2) is 0 Å². The highest BCUT2D eigenvalue weighted by Crippen LogP contribution is 2.71. The third kappa shape index (κ3) is 4.40. The Morgan fingerprint density at radius 1 is 1.02 bits per heavy atom. The fraction of sp³-hybridized carbons (Fsp3) is 0.781. The molecule has 0 bridgehead atoms. The van der Waals surface area contributed by atoms with Crippen LogP contribution in [0.15, 0.2) is 11.1 Å². The molecule has 0 aromatic heterocycles. The van der Waals surface area contributed by atoms with E-state index >= 15 is 0 Å². The summed E-state index contributed by atoms with van der Waals surface area (Å²) in [6.07, 6.45) is 2.52. The van der Waals surface area contributed by atoms with Gasteiger partial charge < -0.3 is 14.9 Å². The topological polar surface area (TPSA) is 135 Å². The lowest BCUT2D eigenvalue weighted by atomic mass is 9.43. The second kappa shape index (κ2) is 10.2. The number of aliphatic hydroxyl groups excluding tert-OH is 1. The first kappa shape index (κ1) is 30.6. The molecule has 222 valence electrons. The lowest BCUT2D eigenvalue weighted by Gasteiger charge is -2.60. The zero-order chi connectivity index (χ0) is 30.0. The molecular formula is C32H46O8. The first-order valence-corrected chi connectivity index (χ1v) is 14.8. The fourth-order valence-electron chi connectivity index (χ4n) is 9.39. The Kier molecular flexibility index (Phi) is 7.79. The molecule has 0 spiro atoms. The summed E-state index contributed by atoms with van der Waals surface area (Å²) >= 11 is 0. The number of Topliss-reactive ketones (excluding diaryl/α,β-unsaturated/α-hetero) is 3. The highest BCUT2D eigenvalue weighted by atomic mass is 16.5. The van der Waals surface area contributed by atoms with Gasteiger partial charge in [0.1, 0.15) is 18.2 Å². The van der Waals surface area contributed by atoms with E-state index in [1.165, 1.54) is 13.8 Å². The van der Waals surface area contributed by atoms with Crippen molar-refractivity contribution in [2.24, 2.45) is 45.3 Å². The van der Waals surface area contributed by atoms with Crippen LogP contribution in [0, 0.1) is 45.3 Å². The number of ketones is 3. The molecule has 0 saturated heterocycles. The summed E-state index contributed by atoms with van der Waals surface area (Å²) in [6.45, 7) is 13.0. The number of ether oxygens (including phenoxy) is 1. The molecule has 2 saturated carbocycles. The van der Waals surface area contributed by atoms with Crippen LogP contribution in [0.25, 0.3) is 0 Å². The van der Waals surface area contributed by atoms with Crippen LogP contribution < -0.4 is 0 Å². The number of carbonyl (C=O) groups is 5. The Balaban J connectivity index is 1.70. The van der Waals surface area contributed by atoms with E-state index in [-0.39, 0.29) is 61.0 Å². The second-order valence-electron chi connectivity index (χ2n) is 14.2. The van der Waals surface area contributed by atoms with E-state index < -0.39 is 45.6 Å². The van der Waals surface area contributed by atoms with Crippen molar-refractivity contribution in [1.29, 1.82) is 0 Å². The zero-order valence-corrected chi connectivity index (χ0v) is 25.1. The van der Waals surface area contributed by atoms with Crippen molar-refractivity contribution in [2.75, 3.05) is 6.61 Å². The molecule has 2 fully saturated rings. The van der Waals surface area contributed by atoms with Gasteiger partial charge in [-0.3, -0.25) is 24.0 Å². The summed E-state index contributed by atoms with van der Waals surface area (Å²) in [7, 11) is 0. The fourth-order valence-corrected chi connectivity index (χ4v) is 9.39. The third-order valence-electron chi connectivity index (χ3n) is 12.0. The number of carboxylic acids is 1. The van der Waals surface area contributed by atoms with E-state index in [1.54, 1.807) is 0 Å². The van der Waals surface area contributed by atoms with Crippen molar-refractivity contribution >= 4 is 29.3 Å². The van der Waals surface area contributed by atoms with Crippen LogP contribution in [0.1, 0.15) is 99.8 Å². The number of allylic oxidation sites excluding steroid dienone is 1. The molecule has 0 aliphatic heterocycles. The average Bonchev–Trinajstić information content (AvgIpc) is 3.08. The van der Waals surface area contributed by atoms with Crippen LogP contribution in [-0.4, -0.2) is 52.2 Å². The van der Waals surface area contributed by atoms with Gasteiger partial charge in [0.2, 0.25) is 0 Å². The summed E-state index contributed by atoms with van der Waals surface area (Å²) in [4.78, 5) is 63.0. The summed E-state index contributed by atoms with van der Waals surface area (Å²) in [5.74, 6) is -2.64. The van der Waals surface area contributed by atoms with Gasteiger partial charge in [0.25, 0.3) is 0 Å². The van der Waals surface area contributed by atoms with Crippen LogP contribution >= 0.6 is 0 Å². The SMILES string of the molecule is CC(=O)OCC1(C)C(=O)CCC2(C)C3=C(C(=O)CC12)C1(C)C(O)CC(C(C)CC(=O)CC(C)C(=O)O)C1(C)CC3. The minimum absolute atomic E-state index is 0.00821. The van der Waals surface area contributed by atoms with Crippen LogP contribution in [-0.2, 0) is 28.7 Å². The molecule has 4 rings (SSSR count). The van der Waals surface area contributed by atoms with Gasteiger partial charge >= 0.3 is 11.9 Å². The van der Waals surface area contributed by atoms with Crippen LogP contribution in [0.2, 0.25) is 0 Å². The van der Waals surface area contributed by atoms with Crippen LogP contribution in [0.3, 0.4) is 0 Å². The number of aliphatic hydroxyl groups is 1. The molecule has 8 heteroatoms. The molecule has 0 radical (unpaired) electrons. The minimum Gasteiger partial charge on any atom is -0.481 e. The van der Waals surface area contributed by atoms with Gasteiger partial charge in [-0.05, 0) is 61.2 Å². The van der Waals surface area contributed by atoms with Gasteiger partial charge in [0.15, 0.2) is 5.78 Å². The van der Waals surface area contributed by atoms with E-state index in [4.69, 9.17) is 4.74 Å². The number of carboxylic acid groups (broad SMARTS) is 1. The highest BCUT2D eigenvalue weighted by Gasteiger charge is 2.68. The molecule has 4 aliphatic rings. The number of hydrogen-bond donors (Lipinski definition) is 2. The first-order valence-electron chi connectivity index (χ1n) is 14.8. The predicted molar refractivity (Wildman–Crippen MR) is 147 cm³/mol. The molecule has 0 amide bonds. The summed E-state index contributed by atoms with van der Waals surface area (Å²) in [6, 6.07) is 0. The van der Waals surface area contributed by atoms with Gasteiger partial charge in [-0.1, -0.05) is 40.2 Å². The summed E-state index contributed by atoms with van der Waals surface area (Å²) in [5.41, 5.74) is -0.828. The minimum atomic E-state index is -0.987. The van der Waals surface area contributed by atoms with E-state index in [1.807, 2.05) is 20.8 Å². The maximum absolute atomic E-state index is 14.1. The van der Waals surface area contributed by atoms with E-state index in [9.17, 15) is 34.2 Å². The number of rotatable bonds is 8. The smallest absolute Gasteiger partial charge is 0.306 e. The Morgan fingerprint density at radius 3 is 2.27 bits per heavy atom. The Labute approximate surface area is 237 Å². The van der Waals surface area contributed by atoms with Gasteiger partial charge in [0.05, 0.1) is 17.4 Å². The molecule has 0 aromatic rings. The Hall–Kier alpha value is -2.35. The van der Waals surface area contributed by atoms with Gasteiger partial charge in [-0.2, -0.15) is 0 Å². The number of esters is 1. The molecule has 40 heavy (non-hydrogen) atoms. The van der Waals surface area contributed by atoms with Crippen molar-refractivity contribution in [3.63, 3.8) is 0 Å². The second-order valence-corrected chi connectivity index (χ2v) is 14.2. The van der Waals surface area contributed by atoms with Gasteiger partial charge in [-0.15, -0.1) is 0 Å². The molecule has 9 atom stereocenters. The lowest BCUT2D eigenvalue weighted by Crippen LogP contribution is -2.59. The van der Waals surface area contributed by atoms with E-state index in [2.05, 4.69) is 13.8 Å². The predicted octanol–water partition coefficient (Wildman–Crippen LogP) is 4.70. The molecule has 4 aliphatic carbocycles. The normalized spacial score (nSPS) is 40.5. The largest absolute Gasteiger partial charge is 0.481 e. The van der Waals surface area contributed by atoms with Gasteiger partial charge in [0, 0.05) is 43.6 Å². The van der Waals surface area contributed by atoms with Crippen molar-refractivity contribution in [3.05, 3.63) is 11.1 Å². The molecule has 9 unspecified atom stereocenters. The standard InChI is InChI=1S/C32H46O8/c1-17(12-20(34)13-18(2)28(38)39)22-14-26(37)32(7)27-21(8-11-31(22,32)6)29(4)10-9-25(36)30(5,16-40-19(3)33)24(29)15-23(27)35/h17-18,22,24,26,37H,8-16H2,1-7H3,(H,38,39). The van der Waals surface area contributed by atoms with Crippen LogP contribution in [0.4, 0.5) is 0 Å². The molecular weight excluding hydrogens is 512 g/mol. The molecule has 0 aromatic carbocycles. The first-order chi connectivity index (χ1) is 18.4.